The van der Waals surface area contributed by atoms with Crippen molar-refractivity contribution in [2.45, 2.75) is 19.9 Å². The largest absolute Gasteiger partial charge is 0.480 e. The van der Waals surface area contributed by atoms with Gasteiger partial charge in [-0.05, 0) is 25.5 Å². The van der Waals surface area contributed by atoms with Gasteiger partial charge in [0.25, 0.3) is 11.5 Å². The number of amides is 1. The molecule has 0 aliphatic carbocycles. The lowest BCUT2D eigenvalue weighted by atomic mass is 10.1. The summed E-state index contributed by atoms with van der Waals surface area (Å²) >= 11 is 0. The van der Waals surface area contributed by atoms with Crippen molar-refractivity contribution < 1.29 is 14.7 Å². The molecular formula is C14H16N4O5. The zero-order chi connectivity index (χ0) is 17.5. The van der Waals surface area contributed by atoms with Crippen molar-refractivity contribution in [1.82, 2.24) is 19.4 Å². The number of aromatic nitrogens is 3. The van der Waals surface area contributed by atoms with Crippen molar-refractivity contribution in [3.8, 4) is 0 Å². The van der Waals surface area contributed by atoms with Crippen LogP contribution in [-0.4, -0.2) is 37.1 Å². The number of carboxylic acids is 1. The zero-order valence-corrected chi connectivity index (χ0v) is 13.1. The van der Waals surface area contributed by atoms with E-state index in [1.54, 1.807) is 6.92 Å². The highest BCUT2D eigenvalue weighted by molar-refractivity contribution is 5.97. The van der Waals surface area contributed by atoms with E-state index in [0.717, 1.165) is 4.57 Å². The normalized spacial score (nSPS) is 12.2. The Balaban J connectivity index is 2.67. The minimum atomic E-state index is -1.18. The third-order valence-electron chi connectivity index (χ3n) is 3.56. The van der Waals surface area contributed by atoms with E-state index in [1.165, 1.54) is 31.7 Å². The first kappa shape index (κ1) is 16.4. The highest BCUT2D eigenvalue weighted by atomic mass is 16.4. The molecule has 122 valence electrons. The Labute approximate surface area is 130 Å². The van der Waals surface area contributed by atoms with Crippen LogP contribution in [0.1, 0.15) is 23.0 Å². The topological polar surface area (TPSA) is 123 Å². The van der Waals surface area contributed by atoms with Crippen LogP contribution < -0.4 is 16.6 Å². The molecule has 9 heteroatoms. The first-order valence-corrected chi connectivity index (χ1v) is 6.76. The fourth-order valence-corrected chi connectivity index (χ4v) is 2.18. The second kappa shape index (κ2) is 5.67. The maximum Gasteiger partial charge on any atom is 0.332 e. The third kappa shape index (κ3) is 2.72. The Kier molecular flexibility index (Phi) is 4.04. The number of carboxylic acid groups (broad SMARTS) is 1. The smallest absolute Gasteiger partial charge is 0.332 e. The number of nitrogens with zero attached hydrogens (tertiary/aromatic N) is 3. The first-order chi connectivity index (χ1) is 10.6. The molecule has 0 aliphatic rings. The number of carbonyl (C=O) groups excluding carboxylic acids is 1. The summed E-state index contributed by atoms with van der Waals surface area (Å²) < 4.78 is 2.13. The SMILES string of the molecule is Cc1cc(C(=O)N[C@@H](C)C(=O)O)nc2c1c(=O)n(C)c(=O)n2C. The second-order valence-electron chi connectivity index (χ2n) is 5.26. The van der Waals surface area contributed by atoms with Gasteiger partial charge in [-0.25, -0.2) is 9.78 Å². The Bertz CT molecular complexity index is 941. The molecule has 0 bridgehead atoms. The van der Waals surface area contributed by atoms with E-state index in [9.17, 15) is 19.2 Å². The lowest BCUT2D eigenvalue weighted by molar-refractivity contribution is -0.138. The molecular weight excluding hydrogens is 304 g/mol. The van der Waals surface area contributed by atoms with Crippen LogP contribution in [0.5, 0.6) is 0 Å². The van der Waals surface area contributed by atoms with Crippen LogP contribution in [0.4, 0.5) is 0 Å². The fraction of sp³-hybridized carbons (Fsp3) is 0.357. The van der Waals surface area contributed by atoms with E-state index in [0.29, 0.717) is 5.56 Å². The van der Waals surface area contributed by atoms with Crippen LogP contribution >= 0.6 is 0 Å². The number of nitrogens with one attached hydrogen (secondary N) is 1. The maximum atomic E-state index is 12.2. The minimum Gasteiger partial charge on any atom is -0.480 e. The predicted octanol–water partition coefficient (Wildman–Crippen LogP) is -0.856. The van der Waals surface area contributed by atoms with Gasteiger partial charge in [0.1, 0.15) is 17.4 Å². The molecule has 0 aromatic carbocycles. The van der Waals surface area contributed by atoms with Gasteiger partial charge in [-0.1, -0.05) is 0 Å². The third-order valence-corrected chi connectivity index (χ3v) is 3.56. The second-order valence-corrected chi connectivity index (χ2v) is 5.26. The molecule has 1 atom stereocenters. The molecule has 1 amide bonds. The van der Waals surface area contributed by atoms with E-state index in [1.807, 2.05) is 0 Å². The van der Waals surface area contributed by atoms with Crippen molar-refractivity contribution in [3.63, 3.8) is 0 Å². The van der Waals surface area contributed by atoms with Gasteiger partial charge in [0.15, 0.2) is 0 Å². The molecule has 0 aliphatic heterocycles. The number of pyridine rings is 1. The molecule has 2 heterocycles. The van der Waals surface area contributed by atoms with Gasteiger partial charge in [-0.2, -0.15) is 0 Å². The highest BCUT2D eigenvalue weighted by Gasteiger charge is 2.19. The number of hydrogen-bond donors (Lipinski definition) is 2. The molecule has 2 aromatic rings. The molecule has 9 nitrogen and oxygen atoms in total. The Hall–Kier alpha value is -2.97. The standard InChI is InChI=1S/C14H16N4O5/c1-6-5-8(11(19)15-7(2)13(21)22)16-10-9(6)12(20)18(4)14(23)17(10)3/h5,7H,1-4H3,(H,15,19)(H,21,22)/t7-/m0/s1. The summed E-state index contributed by atoms with van der Waals surface area (Å²) in [6, 6.07) is 0.297. The number of hydrogen-bond acceptors (Lipinski definition) is 5. The van der Waals surface area contributed by atoms with Gasteiger partial charge in [-0.15, -0.1) is 0 Å². The molecule has 2 N–H and O–H groups in total. The van der Waals surface area contributed by atoms with Gasteiger partial charge in [0.05, 0.1) is 5.39 Å². The van der Waals surface area contributed by atoms with Gasteiger partial charge in [-0.3, -0.25) is 23.5 Å². The van der Waals surface area contributed by atoms with Crippen molar-refractivity contribution >= 4 is 22.9 Å². The summed E-state index contributed by atoms with van der Waals surface area (Å²) in [6.07, 6.45) is 0. The zero-order valence-electron chi connectivity index (χ0n) is 13.1. The van der Waals surface area contributed by atoms with Gasteiger partial charge >= 0.3 is 11.7 Å². The van der Waals surface area contributed by atoms with Crippen LogP contribution in [0.3, 0.4) is 0 Å². The molecule has 0 saturated heterocycles. The maximum absolute atomic E-state index is 12.2. The monoisotopic (exact) mass is 320 g/mol. The fourth-order valence-electron chi connectivity index (χ4n) is 2.18. The summed E-state index contributed by atoms with van der Waals surface area (Å²) in [5.41, 5.74) is -0.582. The van der Waals surface area contributed by atoms with Gasteiger partial charge < -0.3 is 10.4 Å². The quantitative estimate of drug-likeness (QED) is 0.759. The van der Waals surface area contributed by atoms with E-state index in [2.05, 4.69) is 10.3 Å². The van der Waals surface area contributed by atoms with Crippen molar-refractivity contribution in [2.75, 3.05) is 0 Å². The lowest BCUT2D eigenvalue weighted by Gasteiger charge is -2.12. The summed E-state index contributed by atoms with van der Waals surface area (Å²) in [4.78, 5) is 51.1. The first-order valence-electron chi connectivity index (χ1n) is 6.76. The van der Waals surface area contributed by atoms with E-state index in [-0.39, 0.29) is 16.7 Å². The molecule has 23 heavy (non-hydrogen) atoms. The summed E-state index contributed by atoms with van der Waals surface area (Å²) in [6.45, 7) is 2.94. The van der Waals surface area contributed by atoms with Crippen LogP contribution in [-0.2, 0) is 18.9 Å². The van der Waals surface area contributed by atoms with Gasteiger partial charge in [0.2, 0.25) is 0 Å². The van der Waals surface area contributed by atoms with Crippen molar-refractivity contribution in [3.05, 3.63) is 38.2 Å². The number of fused-ring (bicyclic) bond motifs is 1. The number of aryl methyl sites for hydroxylation is 2. The summed E-state index contributed by atoms with van der Waals surface area (Å²) in [5.74, 6) is -1.88. The molecule has 0 spiro atoms. The molecule has 2 rings (SSSR count). The van der Waals surface area contributed by atoms with Crippen LogP contribution in [0.2, 0.25) is 0 Å². The number of rotatable bonds is 3. The van der Waals surface area contributed by atoms with Crippen molar-refractivity contribution in [1.29, 1.82) is 0 Å². The molecule has 0 unspecified atom stereocenters. The molecule has 0 radical (unpaired) electrons. The summed E-state index contributed by atoms with van der Waals surface area (Å²) in [7, 11) is 2.80. The minimum absolute atomic E-state index is 0.0636. The van der Waals surface area contributed by atoms with Crippen LogP contribution in [0.15, 0.2) is 15.7 Å². The van der Waals surface area contributed by atoms with Gasteiger partial charge in [0, 0.05) is 14.1 Å². The predicted molar refractivity (Wildman–Crippen MR) is 81.5 cm³/mol. The molecule has 0 saturated carbocycles. The molecule has 2 aromatic heterocycles. The van der Waals surface area contributed by atoms with E-state index < -0.39 is 29.2 Å². The van der Waals surface area contributed by atoms with Crippen LogP contribution in [0, 0.1) is 6.92 Å². The average Bonchev–Trinajstić information content (AvgIpc) is 2.49. The Morgan fingerprint density at radius 3 is 2.43 bits per heavy atom. The number of carbonyl (C=O) groups is 2. The van der Waals surface area contributed by atoms with E-state index in [4.69, 9.17) is 5.11 Å². The van der Waals surface area contributed by atoms with Crippen molar-refractivity contribution in [2.24, 2.45) is 14.1 Å². The van der Waals surface area contributed by atoms with E-state index >= 15 is 0 Å². The molecule has 0 fully saturated rings. The highest BCUT2D eigenvalue weighted by Crippen LogP contribution is 2.12. The lowest BCUT2D eigenvalue weighted by Crippen LogP contribution is -2.40. The van der Waals surface area contributed by atoms with Crippen LogP contribution in [0.25, 0.3) is 11.0 Å². The summed E-state index contributed by atoms with van der Waals surface area (Å²) in [5, 5.41) is 11.3. The average molecular weight is 320 g/mol. The number of aliphatic carboxylic acids is 1. The Morgan fingerprint density at radius 2 is 1.87 bits per heavy atom. The Morgan fingerprint density at radius 1 is 1.26 bits per heavy atom.